The van der Waals surface area contributed by atoms with Crippen LogP contribution in [0, 0.1) is 0 Å². The van der Waals surface area contributed by atoms with Gasteiger partial charge in [-0.05, 0) is 21.9 Å². The lowest BCUT2D eigenvalue weighted by Gasteiger charge is -2.43. The third-order valence-corrected chi connectivity index (χ3v) is 4.34. The number of amides is 1. The minimum absolute atomic E-state index is 0.0258. The Balaban J connectivity index is 1.52. The summed E-state index contributed by atoms with van der Waals surface area (Å²) in [5.41, 5.74) is 2.69. The number of piperazine rings is 2. The van der Waals surface area contributed by atoms with Crippen LogP contribution in [0.4, 0.5) is 0 Å². The summed E-state index contributed by atoms with van der Waals surface area (Å²) in [5, 5.41) is 10.8. The first-order valence-electron chi connectivity index (χ1n) is 7.25. The largest absolute Gasteiger partial charge is 0.353 e. The monoisotopic (exact) mass is 287 g/mol. The van der Waals surface area contributed by atoms with Crippen molar-refractivity contribution < 1.29 is 9.42 Å². The fourth-order valence-electron chi connectivity index (χ4n) is 3.21. The third kappa shape index (κ3) is 2.28. The van der Waals surface area contributed by atoms with Crippen molar-refractivity contribution in [3.63, 3.8) is 0 Å². The lowest BCUT2D eigenvalue weighted by molar-refractivity contribution is -0.131. The molecule has 2 saturated heterocycles. The summed E-state index contributed by atoms with van der Waals surface area (Å²) in [6, 6.07) is 5.87. The Bertz CT molecular complexity index is 670. The fourth-order valence-corrected chi connectivity index (χ4v) is 3.21. The minimum Gasteiger partial charge on any atom is -0.353 e. The van der Waals surface area contributed by atoms with Crippen LogP contribution in [-0.4, -0.2) is 64.8 Å². The molecule has 4 rings (SSSR count). The molecular formula is C14H17N5O2. The van der Waals surface area contributed by atoms with E-state index in [1.165, 1.54) is 0 Å². The van der Waals surface area contributed by atoms with Gasteiger partial charge in [0.2, 0.25) is 5.91 Å². The molecule has 0 saturated carbocycles. The first-order chi connectivity index (χ1) is 10.3. The molecule has 2 fully saturated rings. The number of carbonyl (C=O) groups excluding carboxylic acids is 1. The highest BCUT2D eigenvalue weighted by Gasteiger charge is 2.34. The number of aromatic nitrogens is 2. The van der Waals surface area contributed by atoms with E-state index in [1.54, 1.807) is 0 Å². The summed E-state index contributed by atoms with van der Waals surface area (Å²) in [5.74, 6) is 0.146. The molecule has 7 nitrogen and oxygen atoms in total. The van der Waals surface area contributed by atoms with Crippen molar-refractivity contribution in [1.29, 1.82) is 0 Å². The zero-order chi connectivity index (χ0) is 14.2. The zero-order valence-electron chi connectivity index (χ0n) is 11.7. The maximum Gasteiger partial charge on any atom is 0.238 e. The molecule has 0 aliphatic carbocycles. The number of hydrogen-bond donors (Lipinski definition) is 1. The lowest BCUT2D eigenvalue weighted by Crippen LogP contribution is -2.63. The van der Waals surface area contributed by atoms with E-state index in [4.69, 9.17) is 4.63 Å². The van der Waals surface area contributed by atoms with Gasteiger partial charge in [0.25, 0.3) is 0 Å². The second-order valence-electron chi connectivity index (χ2n) is 5.63. The van der Waals surface area contributed by atoms with Gasteiger partial charge in [0.05, 0.1) is 0 Å². The van der Waals surface area contributed by atoms with Gasteiger partial charge in [0.15, 0.2) is 0 Å². The summed E-state index contributed by atoms with van der Waals surface area (Å²) in [6.07, 6.45) is 0. The topological polar surface area (TPSA) is 74.5 Å². The highest BCUT2D eigenvalue weighted by atomic mass is 16.6. The Hall–Kier alpha value is -1.99. The van der Waals surface area contributed by atoms with E-state index in [2.05, 4.69) is 25.4 Å². The van der Waals surface area contributed by atoms with Gasteiger partial charge in [-0.3, -0.25) is 14.6 Å². The molecule has 2 aromatic rings. The zero-order valence-corrected chi connectivity index (χ0v) is 11.7. The Labute approximate surface area is 121 Å². The van der Waals surface area contributed by atoms with Gasteiger partial charge in [-0.1, -0.05) is 12.1 Å². The van der Waals surface area contributed by atoms with Crippen molar-refractivity contribution in [3.05, 3.63) is 23.8 Å². The average molecular weight is 287 g/mol. The van der Waals surface area contributed by atoms with E-state index in [-0.39, 0.29) is 11.9 Å². The number of nitrogens with one attached hydrogen (secondary N) is 1. The van der Waals surface area contributed by atoms with E-state index in [0.29, 0.717) is 0 Å². The molecule has 1 aromatic carbocycles. The van der Waals surface area contributed by atoms with Gasteiger partial charge in [-0.25, -0.2) is 4.63 Å². The molecule has 2 aliphatic rings. The highest BCUT2D eigenvalue weighted by Crippen LogP contribution is 2.19. The number of rotatable bonds is 2. The Morgan fingerprint density at radius 1 is 1.29 bits per heavy atom. The molecule has 3 heterocycles. The number of benzene rings is 1. The summed E-state index contributed by atoms with van der Waals surface area (Å²) in [6.45, 7) is 5.14. The quantitative estimate of drug-likeness (QED) is 0.827. The van der Waals surface area contributed by atoms with E-state index in [1.807, 2.05) is 18.2 Å². The second-order valence-corrected chi connectivity index (χ2v) is 5.63. The van der Waals surface area contributed by atoms with Gasteiger partial charge < -0.3 is 5.32 Å². The van der Waals surface area contributed by atoms with Crippen LogP contribution < -0.4 is 5.32 Å². The van der Waals surface area contributed by atoms with Crippen molar-refractivity contribution in [2.24, 2.45) is 0 Å². The number of hydrogen-bond acceptors (Lipinski definition) is 6. The molecule has 1 amide bonds. The predicted octanol–water partition coefficient (Wildman–Crippen LogP) is -0.161. The highest BCUT2D eigenvalue weighted by molar-refractivity contribution is 5.83. The molecular weight excluding hydrogens is 270 g/mol. The molecule has 110 valence electrons. The van der Waals surface area contributed by atoms with Gasteiger partial charge in [-0.15, -0.1) is 0 Å². The van der Waals surface area contributed by atoms with Crippen LogP contribution in [-0.2, 0) is 11.3 Å². The van der Waals surface area contributed by atoms with Crippen LogP contribution in [0.5, 0.6) is 0 Å². The van der Waals surface area contributed by atoms with Crippen molar-refractivity contribution >= 4 is 16.9 Å². The SMILES string of the molecule is O=C1NCCN2CCN(Cc3cccc4nonc34)CC12. The van der Waals surface area contributed by atoms with Gasteiger partial charge in [-0.2, -0.15) is 0 Å². The number of nitrogens with zero attached hydrogens (tertiary/aromatic N) is 4. The van der Waals surface area contributed by atoms with Gasteiger partial charge >= 0.3 is 0 Å². The maximum absolute atomic E-state index is 12.0. The summed E-state index contributed by atoms with van der Waals surface area (Å²) < 4.78 is 4.81. The Morgan fingerprint density at radius 2 is 2.24 bits per heavy atom. The second kappa shape index (κ2) is 5.09. The van der Waals surface area contributed by atoms with E-state index < -0.39 is 0 Å². The third-order valence-electron chi connectivity index (χ3n) is 4.34. The molecule has 1 unspecified atom stereocenters. The molecule has 1 aromatic heterocycles. The van der Waals surface area contributed by atoms with Crippen LogP contribution in [0.2, 0.25) is 0 Å². The van der Waals surface area contributed by atoms with Crippen LogP contribution in [0.25, 0.3) is 11.0 Å². The van der Waals surface area contributed by atoms with Crippen LogP contribution in [0.1, 0.15) is 5.56 Å². The van der Waals surface area contributed by atoms with Gasteiger partial charge in [0, 0.05) is 39.3 Å². The van der Waals surface area contributed by atoms with Crippen molar-refractivity contribution in [2.75, 3.05) is 32.7 Å². The summed E-state index contributed by atoms with van der Waals surface area (Å²) in [4.78, 5) is 16.6. The molecule has 0 spiro atoms. The maximum atomic E-state index is 12.0. The molecule has 1 N–H and O–H groups in total. The Morgan fingerprint density at radius 3 is 3.19 bits per heavy atom. The van der Waals surface area contributed by atoms with Crippen LogP contribution in [0.15, 0.2) is 22.8 Å². The summed E-state index contributed by atoms with van der Waals surface area (Å²) >= 11 is 0. The average Bonchev–Trinajstić information content (AvgIpc) is 2.98. The van der Waals surface area contributed by atoms with E-state index in [0.717, 1.165) is 55.9 Å². The normalized spacial score (nSPS) is 24.0. The van der Waals surface area contributed by atoms with E-state index >= 15 is 0 Å². The molecule has 0 bridgehead atoms. The van der Waals surface area contributed by atoms with E-state index in [9.17, 15) is 4.79 Å². The molecule has 7 heteroatoms. The lowest BCUT2D eigenvalue weighted by atomic mass is 10.1. The summed E-state index contributed by atoms with van der Waals surface area (Å²) in [7, 11) is 0. The van der Waals surface area contributed by atoms with Crippen molar-refractivity contribution in [1.82, 2.24) is 25.4 Å². The van der Waals surface area contributed by atoms with Crippen molar-refractivity contribution in [2.45, 2.75) is 12.6 Å². The van der Waals surface area contributed by atoms with Crippen molar-refractivity contribution in [3.8, 4) is 0 Å². The van der Waals surface area contributed by atoms with Crippen LogP contribution in [0.3, 0.4) is 0 Å². The molecule has 1 atom stereocenters. The predicted molar refractivity (Wildman–Crippen MR) is 75.5 cm³/mol. The Kier molecular flexibility index (Phi) is 3.08. The minimum atomic E-state index is -0.0258. The smallest absolute Gasteiger partial charge is 0.238 e. The molecule has 21 heavy (non-hydrogen) atoms. The first kappa shape index (κ1) is 12.7. The molecule has 0 radical (unpaired) electrons. The van der Waals surface area contributed by atoms with Crippen LogP contribution >= 0.6 is 0 Å². The number of fused-ring (bicyclic) bond motifs is 2. The first-order valence-corrected chi connectivity index (χ1v) is 7.25. The fraction of sp³-hybridized carbons (Fsp3) is 0.500. The van der Waals surface area contributed by atoms with Gasteiger partial charge in [0.1, 0.15) is 17.1 Å². The number of carbonyl (C=O) groups is 1. The molecule has 2 aliphatic heterocycles. The standard InChI is InChI=1S/C14H17N5O2/c20-14-12-9-18(6-7-19(12)5-4-15-14)8-10-2-1-3-11-13(10)17-21-16-11/h1-3,12H,4-9H2,(H,15,20).